The molecule has 0 atom stereocenters. The van der Waals surface area contributed by atoms with Crippen molar-refractivity contribution in [3.05, 3.63) is 40.4 Å². The van der Waals surface area contributed by atoms with Crippen LogP contribution in [0.4, 0.5) is 4.39 Å². The number of hydrogen-bond donors (Lipinski definition) is 0. The fourth-order valence-corrected chi connectivity index (χ4v) is 1.95. The Kier molecular flexibility index (Phi) is 2.16. The van der Waals surface area contributed by atoms with E-state index in [-0.39, 0.29) is 5.82 Å². The first-order chi connectivity index (χ1) is 6.59. The van der Waals surface area contributed by atoms with Crippen LogP contribution in [0.1, 0.15) is 11.3 Å². The van der Waals surface area contributed by atoms with Gasteiger partial charge in [0.05, 0.1) is 0 Å². The number of hydrogen-bond acceptors (Lipinski definition) is 1. The third kappa shape index (κ3) is 1.36. The van der Waals surface area contributed by atoms with Crippen LogP contribution in [0.2, 0.25) is 5.15 Å². The van der Waals surface area contributed by atoms with Crippen molar-refractivity contribution in [3.63, 3.8) is 0 Å². The van der Waals surface area contributed by atoms with Crippen LogP contribution in [0.15, 0.2) is 18.2 Å². The lowest BCUT2D eigenvalue weighted by atomic mass is 10.1. The number of benzene rings is 1. The molecule has 1 nitrogen and oxygen atoms in total. The van der Waals surface area contributed by atoms with Gasteiger partial charge in [0, 0.05) is 16.5 Å². The molecule has 0 aliphatic heterocycles. The van der Waals surface area contributed by atoms with Crippen LogP contribution in [-0.4, -0.2) is 4.98 Å². The normalized spacial score (nSPS) is 10.9. The standard InChI is InChI=1S/C11H9ClFN/c1-6-3-4-9(13)8-5-7(2)14-11(12)10(6)8/h3-5H,1-2H3. The molecular formula is C11H9ClFN. The zero-order chi connectivity index (χ0) is 10.3. The van der Waals surface area contributed by atoms with E-state index in [4.69, 9.17) is 11.6 Å². The van der Waals surface area contributed by atoms with E-state index in [2.05, 4.69) is 4.98 Å². The Morgan fingerprint density at radius 1 is 1.29 bits per heavy atom. The minimum absolute atomic E-state index is 0.252. The summed E-state index contributed by atoms with van der Waals surface area (Å²) in [6.07, 6.45) is 0. The maximum absolute atomic E-state index is 13.4. The van der Waals surface area contributed by atoms with Crippen molar-refractivity contribution in [2.75, 3.05) is 0 Å². The topological polar surface area (TPSA) is 12.9 Å². The van der Waals surface area contributed by atoms with Gasteiger partial charge in [0.15, 0.2) is 0 Å². The van der Waals surface area contributed by atoms with Crippen LogP contribution in [0.3, 0.4) is 0 Å². The molecule has 3 heteroatoms. The molecule has 0 saturated carbocycles. The van der Waals surface area contributed by atoms with Gasteiger partial charge in [-0.25, -0.2) is 9.37 Å². The fraction of sp³-hybridized carbons (Fsp3) is 0.182. The Morgan fingerprint density at radius 3 is 2.71 bits per heavy atom. The van der Waals surface area contributed by atoms with Gasteiger partial charge in [0.25, 0.3) is 0 Å². The monoisotopic (exact) mass is 209 g/mol. The van der Waals surface area contributed by atoms with Gasteiger partial charge in [-0.05, 0) is 31.5 Å². The lowest BCUT2D eigenvalue weighted by Gasteiger charge is -2.05. The van der Waals surface area contributed by atoms with Gasteiger partial charge >= 0.3 is 0 Å². The Morgan fingerprint density at radius 2 is 2.00 bits per heavy atom. The summed E-state index contributed by atoms with van der Waals surface area (Å²) >= 11 is 5.96. The number of pyridine rings is 1. The van der Waals surface area contributed by atoms with Gasteiger partial charge < -0.3 is 0 Å². The number of nitrogens with zero attached hydrogens (tertiary/aromatic N) is 1. The van der Waals surface area contributed by atoms with E-state index >= 15 is 0 Å². The van der Waals surface area contributed by atoms with Crippen LogP contribution in [0.5, 0.6) is 0 Å². The predicted octanol–water partition coefficient (Wildman–Crippen LogP) is 3.64. The minimum Gasteiger partial charge on any atom is -0.241 e. The molecule has 2 aromatic rings. The molecule has 0 aliphatic rings. The summed E-state index contributed by atoms with van der Waals surface area (Å²) in [6.45, 7) is 3.69. The smallest absolute Gasteiger partial charge is 0.137 e. The molecule has 0 unspecified atom stereocenters. The van der Waals surface area contributed by atoms with Gasteiger partial charge in [-0.2, -0.15) is 0 Å². The van der Waals surface area contributed by atoms with Crippen molar-refractivity contribution in [3.8, 4) is 0 Å². The Labute approximate surface area is 86.5 Å². The summed E-state index contributed by atoms with van der Waals surface area (Å²) in [5, 5.41) is 1.62. The summed E-state index contributed by atoms with van der Waals surface area (Å²) in [7, 11) is 0. The lowest BCUT2D eigenvalue weighted by molar-refractivity contribution is 0.639. The van der Waals surface area contributed by atoms with Crippen molar-refractivity contribution in [2.24, 2.45) is 0 Å². The Balaban J connectivity index is 3.00. The fourth-order valence-electron chi connectivity index (χ4n) is 1.57. The van der Waals surface area contributed by atoms with Gasteiger partial charge in [-0.15, -0.1) is 0 Å². The number of fused-ring (bicyclic) bond motifs is 1. The van der Waals surface area contributed by atoms with Gasteiger partial charge in [0.2, 0.25) is 0 Å². The summed E-state index contributed by atoms with van der Waals surface area (Å²) in [5.41, 5.74) is 1.67. The molecule has 14 heavy (non-hydrogen) atoms. The lowest BCUT2D eigenvalue weighted by Crippen LogP contribution is -1.89. The van der Waals surface area contributed by atoms with E-state index in [1.165, 1.54) is 6.07 Å². The second-order valence-electron chi connectivity index (χ2n) is 3.34. The van der Waals surface area contributed by atoms with Crippen molar-refractivity contribution < 1.29 is 4.39 Å². The average Bonchev–Trinajstić information content (AvgIpc) is 2.10. The molecule has 1 aromatic carbocycles. The summed E-state index contributed by atoms with van der Waals surface area (Å²) < 4.78 is 13.4. The molecule has 0 saturated heterocycles. The molecule has 0 aliphatic carbocycles. The molecule has 0 fully saturated rings. The molecule has 0 amide bonds. The molecule has 0 spiro atoms. The van der Waals surface area contributed by atoms with E-state index in [1.807, 2.05) is 6.92 Å². The highest BCUT2D eigenvalue weighted by molar-refractivity contribution is 6.34. The highest BCUT2D eigenvalue weighted by Crippen LogP contribution is 2.27. The summed E-state index contributed by atoms with van der Waals surface area (Å²) in [4.78, 5) is 4.10. The molecule has 72 valence electrons. The van der Waals surface area contributed by atoms with Gasteiger partial charge in [-0.3, -0.25) is 0 Å². The molecule has 0 N–H and O–H groups in total. The van der Waals surface area contributed by atoms with E-state index in [0.717, 1.165) is 11.3 Å². The molecule has 1 heterocycles. The minimum atomic E-state index is -0.252. The zero-order valence-corrected chi connectivity index (χ0v) is 8.69. The van der Waals surface area contributed by atoms with E-state index in [1.54, 1.807) is 19.1 Å². The SMILES string of the molecule is Cc1cc2c(F)ccc(C)c2c(Cl)n1. The number of halogens is 2. The Bertz CT molecular complexity index is 508. The quantitative estimate of drug-likeness (QED) is 0.604. The first-order valence-electron chi connectivity index (χ1n) is 4.31. The third-order valence-corrected chi connectivity index (χ3v) is 2.51. The molecule has 0 bridgehead atoms. The van der Waals surface area contributed by atoms with Crippen molar-refractivity contribution in [1.29, 1.82) is 0 Å². The van der Waals surface area contributed by atoms with Crippen LogP contribution >= 0.6 is 11.6 Å². The van der Waals surface area contributed by atoms with Crippen molar-refractivity contribution in [1.82, 2.24) is 4.98 Å². The number of aromatic nitrogens is 1. The second kappa shape index (κ2) is 3.21. The Hall–Kier alpha value is -1.15. The summed E-state index contributed by atoms with van der Waals surface area (Å²) in [5.74, 6) is -0.252. The molecule has 2 rings (SSSR count). The highest BCUT2D eigenvalue weighted by Gasteiger charge is 2.08. The highest BCUT2D eigenvalue weighted by atomic mass is 35.5. The molecular weight excluding hydrogens is 201 g/mol. The van der Waals surface area contributed by atoms with Crippen LogP contribution in [-0.2, 0) is 0 Å². The molecule has 1 aromatic heterocycles. The third-order valence-electron chi connectivity index (χ3n) is 2.23. The van der Waals surface area contributed by atoms with Crippen molar-refractivity contribution in [2.45, 2.75) is 13.8 Å². The number of rotatable bonds is 0. The van der Waals surface area contributed by atoms with Gasteiger partial charge in [-0.1, -0.05) is 17.7 Å². The second-order valence-corrected chi connectivity index (χ2v) is 3.70. The van der Waals surface area contributed by atoms with E-state index in [9.17, 15) is 4.39 Å². The maximum Gasteiger partial charge on any atom is 0.137 e. The van der Waals surface area contributed by atoms with E-state index < -0.39 is 0 Å². The van der Waals surface area contributed by atoms with Crippen LogP contribution in [0.25, 0.3) is 10.8 Å². The average molecular weight is 210 g/mol. The zero-order valence-electron chi connectivity index (χ0n) is 7.94. The van der Waals surface area contributed by atoms with Crippen molar-refractivity contribution >= 4 is 22.4 Å². The summed E-state index contributed by atoms with van der Waals surface area (Å²) in [6, 6.07) is 4.87. The number of aryl methyl sites for hydroxylation is 2. The first-order valence-corrected chi connectivity index (χ1v) is 4.69. The largest absolute Gasteiger partial charge is 0.241 e. The first kappa shape index (κ1) is 9.41. The predicted molar refractivity (Wildman–Crippen MR) is 56.2 cm³/mol. The maximum atomic E-state index is 13.4. The van der Waals surface area contributed by atoms with E-state index in [0.29, 0.717) is 15.9 Å². The van der Waals surface area contributed by atoms with Gasteiger partial charge in [0.1, 0.15) is 11.0 Å². The van der Waals surface area contributed by atoms with Crippen LogP contribution < -0.4 is 0 Å². The van der Waals surface area contributed by atoms with Crippen LogP contribution in [0, 0.1) is 19.7 Å². The molecule has 0 radical (unpaired) electrons.